The highest BCUT2D eigenvalue weighted by molar-refractivity contribution is 5.81. The Morgan fingerprint density at radius 1 is 0.952 bits per heavy atom. The number of piperazine rings is 1. The second kappa shape index (κ2) is 14.6. The largest absolute Gasteiger partial charge is 0.480 e. The molecule has 0 bridgehead atoms. The molecule has 1 unspecified atom stereocenters. The lowest BCUT2D eigenvalue weighted by molar-refractivity contribution is -0.140. The lowest BCUT2D eigenvalue weighted by Crippen LogP contribution is -2.52. The van der Waals surface area contributed by atoms with E-state index in [2.05, 4.69) is 50.8 Å². The maximum absolute atomic E-state index is 13.7. The van der Waals surface area contributed by atoms with E-state index in [1.54, 1.807) is 13.0 Å². The Hall–Kier alpha value is -2.81. The van der Waals surface area contributed by atoms with Crippen LogP contribution in [0.5, 0.6) is 0 Å². The molecule has 230 valence electrons. The number of benzene rings is 2. The summed E-state index contributed by atoms with van der Waals surface area (Å²) < 4.78 is 18.5. The summed E-state index contributed by atoms with van der Waals surface area (Å²) in [5.41, 5.74) is 5.59. The van der Waals surface area contributed by atoms with Crippen molar-refractivity contribution in [2.24, 2.45) is 5.92 Å². The highest BCUT2D eigenvalue weighted by atomic mass is 19.1. The Labute approximate surface area is 250 Å². The number of carboxylic acids is 1. The van der Waals surface area contributed by atoms with E-state index in [0.717, 1.165) is 50.3 Å². The van der Waals surface area contributed by atoms with Gasteiger partial charge in [-0.2, -0.15) is 0 Å². The van der Waals surface area contributed by atoms with Gasteiger partial charge in [-0.25, -0.2) is 4.39 Å². The monoisotopic (exact) mass is 581 g/mol. The zero-order valence-electron chi connectivity index (χ0n) is 25.9. The topological polar surface area (TPSA) is 73.3 Å². The molecule has 0 spiro atoms. The number of halogens is 1. The summed E-state index contributed by atoms with van der Waals surface area (Å²) in [6.45, 7) is 16.0. The molecule has 0 saturated carbocycles. The molecule has 0 aliphatic carbocycles. The standard InChI is InChI=1S/C24H35N3O4.C10H13F/c1-17-3-4-20(18(2)13-17)21-14-27(19-5-11-31-12-6-19)15-22(21)24(30)26-9-7-25(8-10-26)16-23(28)29;1-7(2)9-5-4-8(3)10(11)6-9/h3-4,13,19,21-22H,5-12,14-16H2,1-2H3,(H,28,29);4-7H,1-3H3/t21-,22?;/m0./s1. The zero-order chi connectivity index (χ0) is 30.4. The third-order valence-corrected chi connectivity index (χ3v) is 9.10. The Kier molecular flexibility index (Phi) is 11.1. The fourth-order valence-electron chi connectivity index (χ4n) is 6.51. The first-order valence-electron chi connectivity index (χ1n) is 15.4. The van der Waals surface area contributed by atoms with Gasteiger partial charge in [-0.3, -0.25) is 19.4 Å². The molecule has 2 aromatic rings. The fraction of sp³-hybridized carbons (Fsp3) is 0.588. The molecule has 3 aliphatic heterocycles. The Morgan fingerprint density at radius 3 is 2.24 bits per heavy atom. The first kappa shape index (κ1) is 32.1. The minimum absolute atomic E-state index is 0.0460. The van der Waals surface area contributed by atoms with Crippen molar-refractivity contribution in [3.8, 4) is 0 Å². The highest BCUT2D eigenvalue weighted by Crippen LogP contribution is 2.38. The second-order valence-electron chi connectivity index (χ2n) is 12.5. The van der Waals surface area contributed by atoms with Crippen molar-refractivity contribution in [1.29, 1.82) is 0 Å². The number of nitrogens with zero attached hydrogens (tertiary/aromatic N) is 3. The average Bonchev–Trinajstić information content (AvgIpc) is 3.40. The molecule has 3 heterocycles. The summed E-state index contributed by atoms with van der Waals surface area (Å²) in [5.74, 6) is -0.114. The van der Waals surface area contributed by atoms with Crippen molar-refractivity contribution in [2.75, 3.05) is 59.0 Å². The van der Waals surface area contributed by atoms with Gasteiger partial charge in [0.1, 0.15) is 5.82 Å². The Bertz CT molecular complexity index is 1220. The Morgan fingerprint density at radius 2 is 1.64 bits per heavy atom. The summed E-state index contributed by atoms with van der Waals surface area (Å²) in [4.78, 5) is 31.1. The molecule has 7 nitrogen and oxygen atoms in total. The molecular formula is C34H48FN3O4. The van der Waals surface area contributed by atoms with Crippen LogP contribution >= 0.6 is 0 Å². The smallest absolute Gasteiger partial charge is 0.317 e. The van der Waals surface area contributed by atoms with Gasteiger partial charge in [0.15, 0.2) is 0 Å². The van der Waals surface area contributed by atoms with Crippen LogP contribution in [0.25, 0.3) is 0 Å². The molecule has 2 atom stereocenters. The number of likely N-dealkylation sites (tertiary alicyclic amines) is 1. The average molecular weight is 582 g/mol. The quantitative estimate of drug-likeness (QED) is 0.519. The SMILES string of the molecule is Cc1ccc(C(C)C)cc1F.Cc1ccc([C@@H]2CN(C3CCOCC3)CC2C(=O)N2CCN(CC(=O)O)CC2)c(C)c1. The molecule has 0 aromatic heterocycles. The maximum atomic E-state index is 13.7. The number of carbonyl (C=O) groups excluding carboxylic acids is 1. The van der Waals surface area contributed by atoms with Crippen LogP contribution in [0, 0.1) is 32.5 Å². The number of carboxylic acid groups (broad SMARTS) is 1. The van der Waals surface area contributed by atoms with Gasteiger partial charge >= 0.3 is 5.97 Å². The summed E-state index contributed by atoms with van der Waals surface area (Å²) in [6, 6.07) is 12.5. The highest BCUT2D eigenvalue weighted by Gasteiger charge is 2.43. The molecule has 8 heteroatoms. The normalized spacial score (nSPS) is 22.2. The predicted molar refractivity (Wildman–Crippen MR) is 163 cm³/mol. The van der Waals surface area contributed by atoms with Crippen molar-refractivity contribution in [3.05, 3.63) is 70.0 Å². The van der Waals surface area contributed by atoms with E-state index in [0.29, 0.717) is 38.1 Å². The van der Waals surface area contributed by atoms with Crippen LogP contribution in [-0.4, -0.2) is 96.8 Å². The van der Waals surface area contributed by atoms with Crippen molar-refractivity contribution >= 4 is 11.9 Å². The van der Waals surface area contributed by atoms with Crippen LogP contribution in [0.2, 0.25) is 0 Å². The number of rotatable bonds is 6. The van der Waals surface area contributed by atoms with Gasteiger partial charge in [-0.05, 0) is 67.9 Å². The maximum Gasteiger partial charge on any atom is 0.317 e. The lowest BCUT2D eigenvalue weighted by Gasteiger charge is -2.36. The molecular weight excluding hydrogens is 533 g/mol. The molecule has 3 aliphatic rings. The third-order valence-electron chi connectivity index (χ3n) is 9.10. The van der Waals surface area contributed by atoms with E-state index in [9.17, 15) is 14.0 Å². The number of hydrogen-bond acceptors (Lipinski definition) is 5. The summed E-state index contributed by atoms with van der Waals surface area (Å²) in [6.07, 6.45) is 2.07. The number of carbonyl (C=O) groups is 2. The van der Waals surface area contributed by atoms with Gasteiger partial charge in [0.2, 0.25) is 5.91 Å². The molecule has 3 fully saturated rings. The van der Waals surface area contributed by atoms with Crippen molar-refractivity contribution < 1.29 is 23.8 Å². The molecule has 5 rings (SSSR count). The third kappa shape index (κ3) is 8.17. The second-order valence-corrected chi connectivity index (χ2v) is 12.5. The van der Waals surface area contributed by atoms with Crippen LogP contribution in [0.1, 0.15) is 66.3 Å². The molecule has 0 radical (unpaired) electrons. The van der Waals surface area contributed by atoms with Crippen LogP contribution in [-0.2, 0) is 14.3 Å². The molecule has 42 heavy (non-hydrogen) atoms. The number of aliphatic carboxylic acids is 1. The number of ether oxygens (including phenoxy) is 1. The van der Waals surface area contributed by atoms with E-state index >= 15 is 0 Å². The molecule has 1 N–H and O–H groups in total. The number of hydrogen-bond donors (Lipinski definition) is 1. The summed E-state index contributed by atoms with van der Waals surface area (Å²) >= 11 is 0. The first-order valence-corrected chi connectivity index (χ1v) is 15.4. The van der Waals surface area contributed by atoms with Crippen LogP contribution in [0.4, 0.5) is 4.39 Å². The Balaban J connectivity index is 0.000000310. The van der Waals surface area contributed by atoms with Gasteiger partial charge in [-0.1, -0.05) is 49.7 Å². The van der Waals surface area contributed by atoms with Crippen molar-refractivity contribution in [1.82, 2.24) is 14.7 Å². The molecule has 3 saturated heterocycles. The molecule has 1 amide bonds. The summed E-state index contributed by atoms with van der Waals surface area (Å²) in [7, 11) is 0. The van der Waals surface area contributed by atoms with E-state index in [4.69, 9.17) is 9.84 Å². The van der Waals surface area contributed by atoms with Gasteiger partial charge in [0, 0.05) is 64.4 Å². The first-order chi connectivity index (χ1) is 20.0. The molecule has 2 aromatic carbocycles. The van der Waals surface area contributed by atoms with Crippen LogP contribution < -0.4 is 0 Å². The lowest BCUT2D eigenvalue weighted by atomic mass is 9.85. The number of amides is 1. The van der Waals surface area contributed by atoms with Crippen LogP contribution in [0.3, 0.4) is 0 Å². The van der Waals surface area contributed by atoms with Gasteiger partial charge < -0.3 is 14.7 Å². The van der Waals surface area contributed by atoms with Crippen molar-refractivity contribution in [2.45, 2.75) is 65.3 Å². The minimum atomic E-state index is -0.808. The van der Waals surface area contributed by atoms with E-state index < -0.39 is 5.97 Å². The minimum Gasteiger partial charge on any atom is -0.480 e. The van der Waals surface area contributed by atoms with Gasteiger partial charge in [0.05, 0.1) is 12.5 Å². The predicted octanol–water partition coefficient (Wildman–Crippen LogP) is 4.98. The fourth-order valence-corrected chi connectivity index (χ4v) is 6.51. The zero-order valence-corrected chi connectivity index (χ0v) is 25.9. The number of aryl methyl sites for hydroxylation is 3. The summed E-state index contributed by atoms with van der Waals surface area (Å²) in [5, 5.41) is 9.04. The van der Waals surface area contributed by atoms with Gasteiger partial charge in [-0.15, -0.1) is 0 Å². The van der Waals surface area contributed by atoms with Crippen molar-refractivity contribution in [3.63, 3.8) is 0 Å². The van der Waals surface area contributed by atoms with Gasteiger partial charge in [0.25, 0.3) is 0 Å². The van der Waals surface area contributed by atoms with E-state index in [-0.39, 0.29) is 30.1 Å². The van der Waals surface area contributed by atoms with E-state index in [1.807, 2.05) is 21.9 Å². The van der Waals surface area contributed by atoms with Crippen LogP contribution in [0.15, 0.2) is 36.4 Å². The van der Waals surface area contributed by atoms with E-state index in [1.165, 1.54) is 16.7 Å².